The van der Waals surface area contributed by atoms with Crippen molar-refractivity contribution in [2.24, 2.45) is 15.4 Å². The number of rotatable bonds is 14. The molecule has 2 aliphatic rings. The van der Waals surface area contributed by atoms with Crippen LogP contribution in [0.25, 0.3) is 0 Å². The maximum Gasteiger partial charge on any atom is 0.410 e. The second-order valence-electron chi connectivity index (χ2n) is 9.54. The minimum atomic E-state index is -0.596. The van der Waals surface area contributed by atoms with E-state index in [1.807, 2.05) is 13.1 Å². The van der Waals surface area contributed by atoms with Gasteiger partial charge in [0.25, 0.3) is 0 Å². The molecule has 1 unspecified atom stereocenters. The number of likely N-dealkylation sites (tertiary alicyclic amines) is 1. The molecule has 2 N–H and O–H groups in total. The molecule has 2 fully saturated rings. The number of aliphatic hydroxyl groups excluding tert-OH is 1. The summed E-state index contributed by atoms with van der Waals surface area (Å²) in [5.74, 6) is 0.409. The zero-order valence-corrected chi connectivity index (χ0v) is 20.9. The summed E-state index contributed by atoms with van der Waals surface area (Å²) in [4.78, 5) is 25.0. The molecule has 9 nitrogen and oxygen atoms in total. The maximum atomic E-state index is 12.8. The van der Waals surface area contributed by atoms with E-state index in [-0.39, 0.29) is 18.8 Å². The molecule has 0 bridgehead atoms. The molecule has 1 atom stereocenters. The number of hydrogen-bond acceptors (Lipinski definition) is 8. The third kappa shape index (κ3) is 8.45. The first-order valence-electron chi connectivity index (χ1n) is 12.3. The number of benzene rings is 1. The number of likely N-dealkylation sites (N-methyl/N-ethyl adjacent to an activating group) is 1. The Kier molecular flexibility index (Phi) is 10.3. The van der Waals surface area contributed by atoms with Crippen molar-refractivity contribution in [2.75, 3.05) is 52.9 Å². The maximum absolute atomic E-state index is 12.8. The summed E-state index contributed by atoms with van der Waals surface area (Å²) in [6.45, 7) is 10.4. The predicted octanol–water partition coefficient (Wildman–Crippen LogP) is 2.32. The largest absolute Gasteiger partial charge is 0.488 e. The van der Waals surface area contributed by atoms with Crippen molar-refractivity contribution >= 4 is 19.0 Å². The number of carbonyl (C=O) groups is 1. The number of carbonyl (C=O) groups excluding carboxylic acids is 1. The van der Waals surface area contributed by atoms with Gasteiger partial charge in [-0.25, -0.2) is 4.79 Å². The number of amides is 1. The molecular weight excluding hydrogens is 446 g/mol. The van der Waals surface area contributed by atoms with Gasteiger partial charge in [-0.1, -0.05) is 30.3 Å². The summed E-state index contributed by atoms with van der Waals surface area (Å²) in [5.41, 5.74) is 1.65. The second-order valence-corrected chi connectivity index (χ2v) is 9.54. The van der Waals surface area contributed by atoms with Crippen LogP contribution < -0.4 is 5.32 Å². The Morgan fingerprint density at radius 1 is 1.34 bits per heavy atom. The lowest BCUT2D eigenvalue weighted by Gasteiger charge is -2.58. The van der Waals surface area contributed by atoms with Gasteiger partial charge in [0, 0.05) is 44.7 Å². The van der Waals surface area contributed by atoms with Crippen LogP contribution in [0.4, 0.5) is 4.79 Å². The Balaban J connectivity index is 1.39. The zero-order valence-electron chi connectivity index (χ0n) is 20.9. The van der Waals surface area contributed by atoms with Crippen LogP contribution >= 0.6 is 0 Å². The minimum Gasteiger partial charge on any atom is -0.488 e. The topological polar surface area (TPSA) is 99.0 Å². The molecule has 35 heavy (non-hydrogen) atoms. The van der Waals surface area contributed by atoms with Crippen LogP contribution in [-0.2, 0) is 16.0 Å². The Morgan fingerprint density at radius 3 is 2.74 bits per heavy atom. The monoisotopic (exact) mass is 485 g/mol. The van der Waals surface area contributed by atoms with Crippen LogP contribution in [0.1, 0.15) is 25.3 Å². The summed E-state index contributed by atoms with van der Waals surface area (Å²) >= 11 is 0. The smallest absolute Gasteiger partial charge is 0.410 e. The van der Waals surface area contributed by atoms with Crippen molar-refractivity contribution in [3.63, 3.8) is 0 Å². The highest BCUT2D eigenvalue weighted by Crippen LogP contribution is 2.50. The summed E-state index contributed by atoms with van der Waals surface area (Å²) in [5, 5.41) is 12.4. The Bertz CT molecular complexity index is 860. The Morgan fingerprint density at radius 2 is 2.09 bits per heavy atom. The van der Waals surface area contributed by atoms with Crippen molar-refractivity contribution in [3.05, 3.63) is 47.9 Å². The van der Waals surface area contributed by atoms with Crippen molar-refractivity contribution in [1.82, 2.24) is 15.1 Å². The number of allylic oxidation sites excluding steroid dienone is 1. The van der Waals surface area contributed by atoms with E-state index in [0.29, 0.717) is 37.4 Å². The lowest BCUT2D eigenvalue weighted by molar-refractivity contribution is -0.135. The van der Waals surface area contributed by atoms with Crippen LogP contribution in [0.2, 0.25) is 0 Å². The van der Waals surface area contributed by atoms with Gasteiger partial charge in [-0.15, -0.1) is 0 Å². The van der Waals surface area contributed by atoms with Crippen molar-refractivity contribution in [1.29, 1.82) is 0 Å². The molecule has 1 amide bonds. The molecule has 3 rings (SSSR count). The van der Waals surface area contributed by atoms with Gasteiger partial charge in [0.15, 0.2) is 5.76 Å². The van der Waals surface area contributed by atoms with Crippen molar-refractivity contribution < 1.29 is 19.4 Å². The number of nitrogens with one attached hydrogen (secondary N) is 1. The first kappa shape index (κ1) is 26.8. The van der Waals surface area contributed by atoms with E-state index in [0.717, 1.165) is 32.5 Å². The summed E-state index contributed by atoms with van der Waals surface area (Å²) < 4.78 is 11.2. The van der Waals surface area contributed by atoms with Gasteiger partial charge in [0.1, 0.15) is 12.7 Å². The quantitative estimate of drug-likeness (QED) is 0.310. The molecule has 1 aliphatic carbocycles. The SMILES string of the molecule is C=N/C=C(\C=NCCN(CCNC)C(=O)OC1CC2(C1)CN(Cc1ccccc1)C2)OCC(C)O. The molecule has 1 aliphatic heterocycles. The summed E-state index contributed by atoms with van der Waals surface area (Å²) in [6.07, 6.45) is 3.95. The van der Waals surface area contributed by atoms with Gasteiger partial charge in [-0.3, -0.25) is 14.9 Å². The van der Waals surface area contributed by atoms with Crippen LogP contribution in [0.3, 0.4) is 0 Å². The average Bonchev–Trinajstić information content (AvgIpc) is 2.79. The van der Waals surface area contributed by atoms with E-state index in [1.54, 1.807) is 11.8 Å². The van der Waals surface area contributed by atoms with E-state index in [9.17, 15) is 9.90 Å². The normalized spacial score (nSPS) is 18.7. The van der Waals surface area contributed by atoms with Crippen molar-refractivity contribution in [2.45, 2.75) is 38.5 Å². The minimum absolute atomic E-state index is 0.0102. The fraction of sp³-hybridized carbons (Fsp3) is 0.577. The first-order valence-corrected chi connectivity index (χ1v) is 12.3. The van der Waals surface area contributed by atoms with E-state index in [2.05, 4.69) is 51.2 Å². The lowest BCUT2D eigenvalue weighted by Crippen LogP contribution is -2.64. The van der Waals surface area contributed by atoms with Crippen LogP contribution in [-0.4, -0.2) is 99.1 Å². The van der Waals surface area contributed by atoms with E-state index < -0.39 is 6.10 Å². The highest BCUT2D eigenvalue weighted by molar-refractivity contribution is 5.76. The zero-order chi connectivity index (χ0) is 25.1. The fourth-order valence-electron chi connectivity index (χ4n) is 4.61. The highest BCUT2D eigenvalue weighted by Gasteiger charge is 2.53. The Hall–Kier alpha value is -2.75. The molecular formula is C26H39N5O4. The number of aliphatic hydroxyl groups is 1. The van der Waals surface area contributed by atoms with Gasteiger partial charge < -0.3 is 24.8 Å². The number of aliphatic imine (C=N–C) groups is 2. The highest BCUT2D eigenvalue weighted by atomic mass is 16.6. The van der Waals surface area contributed by atoms with Gasteiger partial charge in [0.2, 0.25) is 0 Å². The first-order chi connectivity index (χ1) is 16.9. The van der Waals surface area contributed by atoms with E-state index >= 15 is 0 Å². The van der Waals surface area contributed by atoms with Crippen LogP contribution in [0, 0.1) is 5.41 Å². The lowest BCUT2D eigenvalue weighted by atomic mass is 9.61. The van der Waals surface area contributed by atoms with Gasteiger partial charge in [0.05, 0.1) is 25.1 Å². The molecule has 192 valence electrons. The molecule has 1 saturated heterocycles. The summed E-state index contributed by atoms with van der Waals surface area (Å²) in [6, 6.07) is 10.5. The molecule has 0 radical (unpaired) electrons. The number of ether oxygens (including phenoxy) is 2. The molecule has 1 saturated carbocycles. The number of nitrogens with zero attached hydrogens (tertiary/aromatic N) is 4. The van der Waals surface area contributed by atoms with Gasteiger partial charge >= 0.3 is 6.09 Å². The Labute approximate surface area is 208 Å². The standard InChI is InChI=1S/C26H39N5O4/c1-21(32)18-34-24(15-28-3)16-29-10-12-31(11-9-27-2)25(33)35-23-13-26(14-23)19-30(20-26)17-22-7-5-4-6-8-22/h4-8,15-16,21,23,27,32H,3,9-14,17-20H2,1-2H3/b24-15+,29-16?. The molecule has 0 aromatic heterocycles. The molecule has 1 spiro atoms. The van der Waals surface area contributed by atoms with Gasteiger partial charge in [-0.05, 0) is 39.1 Å². The predicted molar refractivity (Wildman–Crippen MR) is 138 cm³/mol. The van der Waals surface area contributed by atoms with Crippen molar-refractivity contribution in [3.8, 4) is 0 Å². The average molecular weight is 486 g/mol. The van der Waals surface area contributed by atoms with E-state index in [4.69, 9.17) is 9.47 Å². The van der Waals surface area contributed by atoms with Crippen LogP contribution in [0.15, 0.2) is 52.3 Å². The second kappa shape index (κ2) is 13.4. The molecule has 9 heteroatoms. The molecule has 1 heterocycles. The van der Waals surface area contributed by atoms with Gasteiger partial charge in [-0.2, -0.15) is 0 Å². The number of hydrogen-bond donors (Lipinski definition) is 2. The molecule has 1 aromatic carbocycles. The van der Waals surface area contributed by atoms with Crippen LogP contribution in [0.5, 0.6) is 0 Å². The fourth-order valence-corrected chi connectivity index (χ4v) is 4.61. The third-order valence-electron chi connectivity index (χ3n) is 6.27. The van der Waals surface area contributed by atoms with E-state index in [1.165, 1.54) is 18.0 Å². The third-order valence-corrected chi connectivity index (χ3v) is 6.27. The molecule has 1 aromatic rings. The summed E-state index contributed by atoms with van der Waals surface area (Å²) in [7, 11) is 1.86.